The third-order valence-corrected chi connectivity index (χ3v) is 0.590. The van der Waals surface area contributed by atoms with Crippen molar-refractivity contribution in [1.29, 1.82) is 0 Å². The fourth-order valence-corrected chi connectivity index (χ4v) is 0.248. The van der Waals surface area contributed by atoms with Crippen LogP contribution in [0, 0.1) is 0 Å². The molecule has 0 atom stereocenters. The van der Waals surface area contributed by atoms with Gasteiger partial charge in [0.05, 0.1) is 6.34 Å². The first-order valence-electron chi connectivity index (χ1n) is 2.69. The minimum atomic E-state index is 0.834. The van der Waals surface area contributed by atoms with E-state index in [0.29, 0.717) is 0 Å². The number of nitrogens with zero attached hydrogens (tertiary/aromatic N) is 2. The summed E-state index contributed by atoms with van der Waals surface area (Å²) in [5.74, 6) is 0. The van der Waals surface area contributed by atoms with Gasteiger partial charge in [0.1, 0.15) is 0 Å². The number of hydrogen-bond acceptors (Lipinski definition) is 2. The molecule has 0 unspecified atom stereocenters. The van der Waals surface area contributed by atoms with Crippen molar-refractivity contribution in [3.05, 3.63) is 0 Å². The SMILES string of the molecule is CC/N=C\NN(C)C. The van der Waals surface area contributed by atoms with E-state index in [1.54, 1.807) is 6.34 Å². The highest BCUT2D eigenvalue weighted by Crippen LogP contribution is 1.61. The first-order chi connectivity index (χ1) is 3.77. The van der Waals surface area contributed by atoms with Crippen LogP contribution in [0.2, 0.25) is 0 Å². The molecule has 0 saturated heterocycles. The Morgan fingerprint density at radius 1 is 1.62 bits per heavy atom. The van der Waals surface area contributed by atoms with Crippen LogP contribution >= 0.6 is 0 Å². The number of nitrogens with one attached hydrogen (secondary N) is 1. The molecule has 0 aromatic carbocycles. The van der Waals surface area contributed by atoms with Crippen molar-refractivity contribution in [1.82, 2.24) is 10.4 Å². The summed E-state index contributed by atoms with van der Waals surface area (Å²) in [7, 11) is 3.84. The van der Waals surface area contributed by atoms with Crippen LogP contribution in [0.3, 0.4) is 0 Å². The molecule has 0 radical (unpaired) electrons. The topological polar surface area (TPSA) is 27.6 Å². The third-order valence-electron chi connectivity index (χ3n) is 0.590. The van der Waals surface area contributed by atoms with Gasteiger partial charge >= 0.3 is 0 Å². The van der Waals surface area contributed by atoms with E-state index in [4.69, 9.17) is 0 Å². The summed E-state index contributed by atoms with van der Waals surface area (Å²) in [6.07, 6.45) is 1.68. The fraction of sp³-hybridized carbons (Fsp3) is 0.800. The van der Waals surface area contributed by atoms with Crippen LogP contribution in [0.15, 0.2) is 4.99 Å². The maximum Gasteiger partial charge on any atom is 0.0967 e. The summed E-state index contributed by atoms with van der Waals surface area (Å²) in [5, 5.41) is 1.83. The van der Waals surface area contributed by atoms with Crippen molar-refractivity contribution >= 4 is 6.34 Å². The first kappa shape index (κ1) is 7.43. The van der Waals surface area contributed by atoms with Gasteiger partial charge in [-0.25, -0.2) is 5.01 Å². The Morgan fingerprint density at radius 3 is 2.62 bits per heavy atom. The molecular weight excluding hydrogens is 102 g/mol. The number of hydrazine groups is 1. The van der Waals surface area contributed by atoms with Crippen LogP contribution < -0.4 is 5.43 Å². The number of rotatable bonds is 3. The van der Waals surface area contributed by atoms with Crippen LogP contribution in [0.4, 0.5) is 0 Å². The summed E-state index contributed by atoms with van der Waals surface area (Å²) < 4.78 is 0. The largest absolute Gasteiger partial charge is 0.310 e. The lowest BCUT2D eigenvalue weighted by atomic mass is 10.8. The smallest absolute Gasteiger partial charge is 0.0967 e. The van der Waals surface area contributed by atoms with Crippen molar-refractivity contribution < 1.29 is 0 Å². The van der Waals surface area contributed by atoms with Gasteiger partial charge in [-0.2, -0.15) is 0 Å². The van der Waals surface area contributed by atoms with E-state index in [2.05, 4.69) is 10.4 Å². The van der Waals surface area contributed by atoms with Crippen molar-refractivity contribution in [2.45, 2.75) is 6.92 Å². The van der Waals surface area contributed by atoms with Gasteiger partial charge in [-0.15, -0.1) is 0 Å². The quantitative estimate of drug-likeness (QED) is 0.321. The van der Waals surface area contributed by atoms with Crippen LogP contribution in [0.5, 0.6) is 0 Å². The highest BCUT2D eigenvalue weighted by Gasteiger charge is 1.75. The van der Waals surface area contributed by atoms with E-state index in [1.807, 2.05) is 26.0 Å². The molecule has 0 rings (SSSR count). The van der Waals surface area contributed by atoms with Crippen LogP contribution in [0.25, 0.3) is 0 Å². The molecule has 0 aliphatic carbocycles. The van der Waals surface area contributed by atoms with E-state index in [9.17, 15) is 0 Å². The van der Waals surface area contributed by atoms with E-state index in [1.165, 1.54) is 0 Å². The molecule has 0 fully saturated rings. The Balaban J connectivity index is 3.03. The van der Waals surface area contributed by atoms with E-state index >= 15 is 0 Å². The van der Waals surface area contributed by atoms with E-state index in [0.717, 1.165) is 6.54 Å². The summed E-state index contributed by atoms with van der Waals surface area (Å²) in [4.78, 5) is 3.93. The average Bonchev–Trinajstić information content (AvgIpc) is 1.66. The normalized spacial score (nSPS) is 11.0. The zero-order valence-corrected chi connectivity index (χ0v) is 5.68. The summed E-state index contributed by atoms with van der Waals surface area (Å²) in [5.41, 5.74) is 2.89. The highest BCUT2D eigenvalue weighted by molar-refractivity contribution is 5.53. The van der Waals surface area contributed by atoms with Crippen LogP contribution in [-0.2, 0) is 0 Å². The third kappa shape index (κ3) is 5.43. The minimum absolute atomic E-state index is 0.834. The minimum Gasteiger partial charge on any atom is -0.310 e. The molecule has 8 heavy (non-hydrogen) atoms. The predicted molar refractivity (Wildman–Crippen MR) is 35.9 cm³/mol. The standard InChI is InChI=1S/C5H13N3/c1-4-6-5-7-8(2)3/h5H,4H2,1-3H3,(H,6,7). The Kier molecular flexibility index (Phi) is 4.26. The lowest BCUT2D eigenvalue weighted by molar-refractivity contribution is 0.367. The van der Waals surface area contributed by atoms with Crippen molar-refractivity contribution in [2.75, 3.05) is 20.6 Å². The van der Waals surface area contributed by atoms with E-state index in [-0.39, 0.29) is 0 Å². The van der Waals surface area contributed by atoms with Gasteiger partial charge in [0, 0.05) is 20.6 Å². The van der Waals surface area contributed by atoms with E-state index < -0.39 is 0 Å². The zero-order valence-electron chi connectivity index (χ0n) is 5.68. The lowest BCUT2D eigenvalue weighted by Crippen LogP contribution is -2.28. The summed E-state index contributed by atoms with van der Waals surface area (Å²) in [6.45, 7) is 2.83. The molecule has 0 spiro atoms. The predicted octanol–water partition coefficient (Wildman–Crippen LogP) is 0.101. The van der Waals surface area contributed by atoms with Gasteiger partial charge < -0.3 is 5.43 Å². The molecule has 0 bridgehead atoms. The Labute approximate surface area is 50.4 Å². The maximum atomic E-state index is 3.93. The zero-order chi connectivity index (χ0) is 6.41. The van der Waals surface area contributed by atoms with Crippen LogP contribution in [-0.4, -0.2) is 32.0 Å². The lowest BCUT2D eigenvalue weighted by Gasteiger charge is -2.06. The van der Waals surface area contributed by atoms with Gasteiger partial charge in [0.15, 0.2) is 0 Å². The van der Waals surface area contributed by atoms with Gasteiger partial charge in [0.2, 0.25) is 0 Å². The Hall–Kier alpha value is -0.570. The second-order valence-corrected chi connectivity index (χ2v) is 1.65. The highest BCUT2D eigenvalue weighted by atomic mass is 15.5. The molecular formula is C5H13N3. The fourth-order valence-electron chi connectivity index (χ4n) is 0.248. The van der Waals surface area contributed by atoms with Crippen molar-refractivity contribution in [3.63, 3.8) is 0 Å². The molecule has 48 valence electrons. The van der Waals surface area contributed by atoms with Gasteiger partial charge in [-0.05, 0) is 6.92 Å². The Bertz CT molecular complexity index is 68.1. The van der Waals surface area contributed by atoms with Crippen LogP contribution in [0.1, 0.15) is 6.92 Å². The molecule has 0 aromatic rings. The summed E-state index contributed by atoms with van der Waals surface area (Å²) in [6, 6.07) is 0. The van der Waals surface area contributed by atoms with Gasteiger partial charge in [0.25, 0.3) is 0 Å². The molecule has 0 aliphatic heterocycles. The van der Waals surface area contributed by atoms with Crippen molar-refractivity contribution in [3.8, 4) is 0 Å². The molecule has 3 nitrogen and oxygen atoms in total. The molecule has 0 aliphatic rings. The van der Waals surface area contributed by atoms with Gasteiger partial charge in [-0.1, -0.05) is 0 Å². The average molecular weight is 115 g/mol. The number of aliphatic imine (C=N–C) groups is 1. The summed E-state index contributed by atoms with van der Waals surface area (Å²) >= 11 is 0. The maximum absolute atomic E-state index is 3.93. The molecule has 0 aromatic heterocycles. The van der Waals surface area contributed by atoms with Crippen molar-refractivity contribution in [2.24, 2.45) is 4.99 Å². The Morgan fingerprint density at radius 2 is 2.25 bits per heavy atom. The molecule has 3 heteroatoms. The second-order valence-electron chi connectivity index (χ2n) is 1.65. The molecule has 1 N–H and O–H groups in total. The first-order valence-corrected chi connectivity index (χ1v) is 2.69. The molecule has 0 heterocycles. The monoisotopic (exact) mass is 115 g/mol. The molecule has 0 amide bonds. The molecule has 0 saturated carbocycles. The number of hydrogen-bond donors (Lipinski definition) is 1. The van der Waals surface area contributed by atoms with Gasteiger partial charge in [-0.3, -0.25) is 4.99 Å². The second kappa shape index (κ2) is 4.59.